The molecule has 0 amide bonds. The zero-order chi connectivity index (χ0) is 13.0. The molecule has 100 valence electrons. The lowest BCUT2D eigenvalue weighted by Crippen LogP contribution is -2.40. The summed E-state index contributed by atoms with van der Waals surface area (Å²) in [6.45, 7) is 7.50. The van der Waals surface area contributed by atoms with Gasteiger partial charge in [0.15, 0.2) is 0 Å². The Balaban J connectivity index is 2.00. The van der Waals surface area contributed by atoms with Crippen LogP contribution in [-0.4, -0.2) is 19.6 Å². The minimum absolute atomic E-state index is 0.454. The van der Waals surface area contributed by atoms with E-state index in [9.17, 15) is 0 Å². The summed E-state index contributed by atoms with van der Waals surface area (Å²) in [7, 11) is 0. The summed E-state index contributed by atoms with van der Waals surface area (Å²) in [5.41, 5.74) is 9.15. The zero-order valence-electron chi connectivity index (χ0n) is 11.8. The molecule has 2 rings (SSSR count). The molecular formula is C16H26N2. The summed E-state index contributed by atoms with van der Waals surface area (Å²) in [5.74, 6) is 0. The van der Waals surface area contributed by atoms with Crippen LogP contribution in [0.2, 0.25) is 0 Å². The van der Waals surface area contributed by atoms with E-state index in [-0.39, 0.29) is 0 Å². The molecule has 0 heterocycles. The van der Waals surface area contributed by atoms with Gasteiger partial charge in [-0.25, -0.2) is 0 Å². The van der Waals surface area contributed by atoms with Gasteiger partial charge in [0.1, 0.15) is 0 Å². The van der Waals surface area contributed by atoms with Gasteiger partial charge in [-0.3, -0.25) is 0 Å². The van der Waals surface area contributed by atoms with Gasteiger partial charge < -0.3 is 10.6 Å². The lowest BCUT2D eigenvalue weighted by molar-refractivity contribution is 0.133. The molecule has 1 aromatic carbocycles. The van der Waals surface area contributed by atoms with E-state index in [0.717, 1.165) is 19.6 Å². The first-order valence-corrected chi connectivity index (χ1v) is 7.21. The van der Waals surface area contributed by atoms with Gasteiger partial charge in [-0.2, -0.15) is 0 Å². The van der Waals surface area contributed by atoms with E-state index in [0.29, 0.717) is 5.41 Å². The number of nitrogens with zero attached hydrogens (tertiary/aromatic N) is 1. The largest absolute Gasteiger partial charge is 0.372 e. The Morgan fingerprint density at radius 1 is 1.28 bits per heavy atom. The topological polar surface area (TPSA) is 29.3 Å². The van der Waals surface area contributed by atoms with Crippen LogP contribution in [0.15, 0.2) is 24.3 Å². The van der Waals surface area contributed by atoms with Crippen molar-refractivity contribution in [3.63, 3.8) is 0 Å². The van der Waals surface area contributed by atoms with E-state index >= 15 is 0 Å². The molecule has 1 aromatic rings. The van der Waals surface area contributed by atoms with E-state index in [4.69, 9.17) is 5.73 Å². The molecule has 0 aliphatic heterocycles. The lowest BCUT2D eigenvalue weighted by atomic mass is 9.66. The lowest BCUT2D eigenvalue weighted by Gasteiger charge is -2.42. The number of anilines is 1. The molecule has 0 spiro atoms. The molecule has 2 nitrogen and oxygen atoms in total. The predicted molar refractivity (Wildman–Crippen MR) is 79.0 cm³/mol. The molecule has 1 aliphatic rings. The fourth-order valence-electron chi connectivity index (χ4n) is 2.97. The maximum absolute atomic E-state index is 5.95. The Hall–Kier alpha value is -1.02. The Bertz CT molecular complexity index is 377. The molecule has 0 aromatic heterocycles. The Morgan fingerprint density at radius 2 is 2.00 bits per heavy atom. The van der Waals surface area contributed by atoms with Gasteiger partial charge in [0, 0.05) is 18.8 Å². The second-order valence-electron chi connectivity index (χ2n) is 5.67. The molecule has 0 radical (unpaired) electrons. The number of nitrogens with two attached hydrogens (primary N) is 1. The summed E-state index contributed by atoms with van der Waals surface area (Å²) in [6, 6.07) is 8.67. The number of benzene rings is 1. The van der Waals surface area contributed by atoms with Crippen LogP contribution in [0.25, 0.3) is 0 Å². The average molecular weight is 246 g/mol. The summed E-state index contributed by atoms with van der Waals surface area (Å²) < 4.78 is 0. The van der Waals surface area contributed by atoms with Gasteiger partial charge in [-0.1, -0.05) is 24.6 Å². The summed E-state index contributed by atoms with van der Waals surface area (Å²) >= 11 is 0. The quantitative estimate of drug-likeness (QED) is 0.834. The minimum Gasteiger partial charge on any atom is -0.372 e. The van der Waals surface area contributed by atoms with E-state index in [1.807, 2.05) is 0 Å². The maximum Gasteiger partial charge on any atom is 0.0395 e. The normalized spacial score (nSPS) is 17.3. The average Bonchev–Trinajstić information content (AvgIpc) is 2.34. The van der Waals surface area contributed by atoms with Crippen LogP contribution >= 0.6 is 0 Å². The van der Waals surface area contributed by atoms with Crippen LogP contribution in [0.1, 0.15) is 38.2 Å². The number of para-hydroxylation sites is 1. The van der Waals surface area contributed by atoms with Crippen molar-refractivity contribution in [2.24, 2.45) is 11.1 Å². The predicted octanol–water partition coefficient (Wildman–Crippen LogP) is 3.34. The Morgan fingerprint density at radius 3 is 2.50 bits per heavy atom. The third kappa shape index (κ3) is 2.69. The van der Waals surface area contributed by atoms with Crippen LogP contribution in [0.4, 0.5) is 5.69 Å². The standard InChI is InChI=1S/C16H26N2/c1-3-18(15-8-5-4-7-14(15)2)12-11-16(13-17)9-6-10-16/h4-5,7-8H,3,6,9-13,17H2,1-2H3. The second kappa shape index (κ2) is 5.75. The molecule has 2 N–H and O–H groups in total. The SMILES string of the molecule is CCN(CCC1(CN)CCC1)c1ccccc1C. The highest BCUT2D eigenvalue weighted by molar-refractivity contribution is 5.52. The van der Waals surface area contributed by atoms with Crippen molar-refractivity contribution < 1.29 is 0 Å². The monoisotopic (exact) mass is 246 g/mol. The van der Waals surface area contributed by atoms with Crippen molar-refractivity contribution in [3.05, 3.63) is 29.8 Å². The zero-order valence-corrected chi connectivity index (χ0v) is 11.8. The van der Waals surface area contributed by atoms with Crippen LogP contribution in [-0.2, 0) is 0 Å². The van der Waals surface area contributed by atoms with Gasteiger partial charge >= 0.3 is 0 Å². The molecule has 0 bridgehead atoms. The molecule has 18 heavy (non-hydrogen) atoms. The van der Waals surface area contributed by atoms with Crippen LogP contribution in [0.3, 0.4) is 0 Å². The highest BCUT2D eigenvalue weighted by Crippen LogP contribution is 2.43. The molecule has 0 unspecified atom stereocenters. The van der Waals surface area contributed by atoms with Crippen LogP contribution < -0.4 is 10.6 Å². The summed E-state index contributed by atoms with van der Waals surface area (Å²) in [6.07, 6.45) is 5.27. The van der Waals surface area contributed by atoms with Crippen molar-refractivity contribution in [3.8, 4) is 0 Å². The molecule has 0 atom stereocenters. The number of hydrogen-bond donors (Lipinski definition) is 1. The van der Waals surface area contributed by atoms with Gasteiger partial charge in [-0.15, -0.1) is 0 Å². The molecular weight excluding hydrogens is 220 g/mol. The molecule has 2 heteroatoms. The van der Waals surface area contributed by atoms with Gasteiger partial charge in [-0.05, 0) is 56.7 Å². The second-order valence-corrected chi connectivity index (χ2v) is 5.67. The summed E-state index contributed by atoms with van der Waals surface area (Å²) in [4.78, 5) is 2.49. The molecule has 1 aliphatic carbocycles. The van der Waals surface area contributed by atoms with E-state index in [2.05, 4.69) is 43.0 Å². The van der Waals surface area contributed by atoms with E-state index in [1.54, 1.807) is 0 Å². The van der Waals surface area contributed by atoms with Crippen molar-refractivity contribution >= 4 is 5.69 Å². The van der Waals surface area contributed by atoms with Crippen LogP contribution in [0.5, 0.6) is 0 Å². The van der Waals surface area contributed by atoms with E-state index < -0.39 is 0 Å². The first kappa shape index (κ1) is 13.4. The van der Waals surface area contributed by atoms with Crippen molar-refractivity contribution in [2.75, 3.05) is 24.5 Å². The van der Waals surface area contributed by atoms with Crippen LogP contribution in [0, 0.1) is 12.3 Å². The third-order valence-electron chi connectivity index (χ3n) is 4.60. The number of hydrogen-bond acceptors (Lipinski definition) is 2. The molecule has 1 fully saturated rings. The summed E-state index contributed by atoms with van der Waals surface area (Å²) in [5, 5.41) is 0. The highest BCUT2D eigenvalue weighted by Gasteiger charge is 2.35. The van der Waals surface area contributed by atoms with Gasteiger partial charge in [0.05, 0.1) is 0 Å². The minimum atomic E-state index is 0.454. The maximum atomic E-state index is 5.95. The van der Waals surface area contributed by atoms with Gasteiger partial charge in [0.2, 0.25) is 0 Å². The third-order valence-corrected chi connectivity index (χ3v) is 4.60. The smallest absolute Gasteiger partial charge is 0.0395 e. The first-order chi connectivity index (χ1) is 8.71. The molecule has 0 saturated heterocycles. The van der Waals surface area contributed by atoms with Gasteiger partial charge in [0.25, 0.3) is 0 Å². The molecule has 1 saturated carbocycles. The van der Waals surface area contributed by atoms with Crippen molar-refractivity contribution in [1.82, 2.24) is 0 Å². The Labute approximate surface area is 111 Å². The fourth-order valence-corrected chi connectivity index (χ4v) is 2.97. The van der Waals surface area contributed by atoms with Crippen molar-refractivity contribution in [2.45, 2.75) is 39.5 Å². The van der Waals surface area contributed by atoms with E-state index in [1.165, 1.54) is 36.9 Å². The number of rotatable bonds is 6. The Kier molecular flexibility index (Phi) is 4.28. The fraction of sp³-hybridized carbons (Fsp3) is 0.625. The van der Waals surface area contributed by atoms with Crippen molar-refractivity contribution in [1.29, 1.82) is 0 Å². The number of aryl methyl sites for hydroxylation is 1. The first-order valence-electron chi connectivity index (χ1n) is 7.21. The highest BCUT2D eigenvalue weighted by atomic mass is 15.1.